The summed E-state index contributed by atoms with van der Waals surface area (Å²) in [6.45, 7) is 0.750. The SMILES string of the molecule is Cl.N#Cc1cccc(CC2CCN[C@@H]2C(=O)O)c1. The van der Waals surface area contributed by atoms with Crippen LogP contribution in [0.25, 0.3) is 0 Å². The zero-order chi connectivity index (χ0) is 12.3. The molecule has 0 amide bonds. The van der Waals surface area contributed by atoms with E-state index in [0.717, 1.165) is 18.5 Å². The van der Waals surface area contributed by atoms with Gasteiger partial charge in [0.25, 0.3) is 0 Å². The molecular weight excluding hydrogens is 252 g/mol. The Labute approximate surface area is 112 Å². The van der Waals surface area contributed by atoms with E-state index >= 15 is 0 Å². The number of aliphatic carboxylic acids is 1. The minimum atomic E-state index is -0.788. The van der Waals surface area contributed by atoms with Crippen molar-refractivity contribution in [2.75, 3.05) is 6.54 Å². The normalized spacial score (nSPS) is 21.9. The number of hydrogen-bond donors (Lipinski definition) is 2. The van der Waals surface area contributed by atoms with Crippen molar-refractivity contribution < 1.29 is 9.90 Å². The van der Waals surface area contributed by atoms with E-state index in [0.29, 0.717) is 12.0 Å². The van der Waals surface area contributed by atoms with Crippen molar-refractivity contribution in [2.45, 2.75) is 18.9 Å². The third-order valence-electron chi connectivity index (χ3n) is 3.17. The highest BCUT2D eigenvalue weighted by atomic mass is 35.5. The second-order valence-electron chi connectivity index (χ2n) is 4.34. The number of halogens is 1. The van der Waals surface area contributed by atoms with Gasteiger partial charge >= 0.3 is 5.97 Å². The molecule has 1 aromatic carbocycles. The van der Waals surface area contributed by atoms with Crippen molar-refractivity contribution >= 4 is 18.4 Å². The molecule has 4 nitrogen and oxygen atoms in total. The maximum Gasteiger partial charge on any atom is 0.320 e. The van der Waals surface area contributed by atoms with Crippen molar-refractivity contribution in [2.24, 2.45) is 5.92 Å². The molecule has 0 radical (unpaired) electrons. The lowest BCUT2D eigenvalue weighted by atomic mass is 9.92. The molecule has 2 rings (SSSR count). The molecule has 5 heteroatoms. The number of hydrogen-bond acceptors (Lipinski definition) is 3. The van der Waals surface area contributed by atoms with E-state index < -0.39 is 12.0 Å². The summed E-state index contributed by atoms with van der Waals surface area (Å²) in [6, 6.07) is 9.00. The molecule has 0 saturated carbocycles. The minimum absolute atomic E-state index is 0. The molecule has 1 aliphatic rings. The second-order valence-corrected chi connectivity index (χ2v) is 4.34. The largest absolute Gasteiger partial charge is 0.480 e. The van der Waals surface area contributed by atoms with Crippen LogP contribution in [0.3, 0.4) is 0 Å². The van der Waals surface area contributed by atoms with Crippen LogP contribution in [0.5, 0.6) is 0 Å². The van der Waals surface area contributed by atoms with Crippen LogP contribution in [0, 0.1) is 17.2 Å². The third-order valence-corrected chi connectivity index (χ3v) is 3.17. The lowest BCUT2D eigenvalue weighted by Gasteiger charge is -2.15. The van der Waals surface area contributed by atoms with Crippen LogP contribution in [0.4, 0.5) is 0 Å². The van der Waals surface area contributed by atoms with Crippen molar-refractivity contribution in [1.82, 2.24) is 5.32 Å². The van der Waals surface area contributed by atoms with Gasteiger partial charge in [0.15, 0.2) is 0 Å². The monoisotopic (exact) mass is 266 g/mol. The summed E-state index contributed by atoms with van der Waals surface area (Å²) < 4.78 is 0. The molecule has 1 aromatic rings. The molecule has 0 aliphatic carbocycles. The molecule has 2 N–H and O–H groups in total. The lowest BCUT2D eigenvalue weighted by Crippen LogP contribution is -2.36. The van der Waals surface area contributed by atoms with Gasteiger partial charge in [0, 0.05) is 0 Å². The summed E-state index contributed by atoms with van der Waals surface area (Å²) in [5.41, 5.74) is 1.66. The van der Waals surface area contributed by atoms with Gasteiger partial charge in [-0.15, -0.1) is 12.4 Å². The van der Waals surface area contributed by atoms with Crippen LogP contribution in [-0.4, -0.2) is 23.7 Å². The van der Waals surface area contributed by atoms with E-state index in [-0.39, 0.29) is 18.3 Å². The summed E-state index contributed by atoms with van der Waals surface area (Å²) >= 11 is 0. The van der Waals surface area contributed by atoms with Crippen LogP contribution >= 0.6 is 12.4 Å². The second kappa shape index (κ2) is 6.39. The topological polar surface area (TPSA) is 73.1 Å². The number of benzene rings is 1. The number of nitrogens with one attached hydrogen (secondary N) is 1. The molecule has 1 heterocycles. The minimum Gasteiger partial charge on any atom is -0.480 e. The number of carboxylic acid groups (broad SMARTS) is 1. The van der Waals surface area contributed by atoms with E-state index in [2.05, 4.69) is 11.4 Å². The van der Waals surface area contributed by atoms with Gasteiger partial charge in [-0.1, -0.05) is 12.1 Å². The first-order valence-electron chi connectivity index (χ1n) is 5.66. The third kappa shape index (κ3) is 3.22. The molecule has 2 atom stereocenters. The maximum absolute atomic E-state index is 11.0. The van der Waals surface area contributed by atoms with Crippen molar-refractivity contribution in [3.63, 3.8) is 0 Å². The Hall–Kier alpha value is -1.57. The van der Waals surface area contributed by atoms with E-state index in [1.54, 1.807) is 6.07 Å². The molecule has 0 aromatic heterocycles. The van der Waals surface area contributed by atoms with E-state index in [4.69, 9.17) is 10.4 Å². The zero-order valence-electron chi connectivity index (χ0n) is 9.80. The lowest BCUT2D eigenvalue weighted by molar-refractivity contribution is -0.140. The van der Waals surface area contributed by atoms with Gasteiger partial charge in [0.1, 0.15) is 6.04 Å². The first-order chi connectivity index (χ1) is 8.20. The smallest absolute Gasteiger partial charge is 0.320 e. The molecular formula is C13H15ClN2O2. The predicted molar refractivity (Wildman–Crippen MR) is 69.6 cm³/mol. The Kier molecular flexibility index (Phi) is 5.14. The molecule has 96 valence electrons. The number of carboxylic acids is 1. The van der Waals surface area contributed by atoms with Gasteiger partial charge in [-0.05, 0) is 43.0 Å². The van der Waals surface area contributed by atoms with Gasteiger partial charge < -0.3 is 10.4 Å². The van der Waals surface area contributed by atoms with Crippen molar-refractivity contribution in [1.29, 1.82) is 5.26 Å². The highest BCUT2D eigenvalue weighted by Crippen LogP contribution is 2.21. The van der Waals surface area contributed by atoms with Crippen molar-refractivity contribution in [3.8, 4) is 6.07 Å². The molecule has 1 aliphatic heterocycles. The van der Waals surface area contributed by atoms with Gasteiger partial charge in [-0.2, -0.15) is 5.26 Å². The van der Waals surface area contributed by atoms with Gasteiger partial charge in [0.05, 0.1) is 11.6 Å². The highest BCUT2D eigenvalue weighted by Gasteiger charge is 2.32. The summed E-state index contributed by atoms with van der Waals surface area (Å²) in [5, 5.41) is 20.8. The van der Waals surface area contributed by atoms with Gasteiger partial charge in [0.2, 0.25) is 0 Å². The summed E-state index contributed by atoms with van der Waals surface area (Å²) in [7, 11) is 0. The van der Waals surface area contributed by atoms with Crippen molar-refractivity contribution in [3.05, 3.63) is 35.4 Å². The summed E-state index contributed by atoms with van der Waals surface area (Å²) in [6.07, 6.45) is 1.58. The van der Waals surface area contributed by atoms with Crippen LogP contribution in [0.1, 0.15) is 17.5 Å². The average Bonchev–Trinajstić information content (AvgIpc) is 2.77. The molecule has 0 spiro atoms. The quantitative estimate of drug-likeness (QED) is 0.871. The van der Waals surface area contributed by atoms with E-state index in [9.17, 15) is 4.79 Å². The molecule has 18 heavy (non-hydrogen) atoms. The number of rotatable bonds is 3. The molecule has 1 fully saturated rings. The van der Waals surface area contributed by atoms with Crippen LogP contribution in [0.15, 0.2) is 24.3 Å². The Balaban J connectivity index is 0.00000162. The van der Waals surface area contributed by atoms with Gasteiger partial charge in [-0.3, -0.25) is 4.79 Å². The molecule has 1 saturated heterocycles. The van der Waals surface area contributed by atoms with Crippen LogP contribution in [0.2, 0.25) is 0 Å². The first kappa shape index (κ1) is 14.5. The fraction of sp³-hybridized carbons (Fsp3) is 0.385. The Morgan fingerprint density at radius 1 is 1.56 bits per heavy atom. The average molecular weight is 267 g/mol. The zero-order valence-corrected chi connectivity index (χ0v) is 10.6. The Bertz CT molecular complexity index is 470. The number of nitrogens with zero attached hydrogens (tertiary/aromatic N) is 1. The number of nitriles is 1. The maximum atomic E-state index is 11.0. The van der Waals surface area contributed by atoms with E-state index in [1.165, 1.54) is 0 Å². The number of carbonyl (C=O) groups is 1. The van der Waals surface area contributed by atoms with E-state index in [1.807, 2.05) is 18.2 Å². The van der Waals surface area contributed by atoms with Crippen LogP contribution in [-0.2, 0) is 11.2 Å². The highest BCUT2D eigenvalue weighted by molar-refractivity contribution is 5.85. The summed E-state index contributed by atoms with van der Waals surface area (Å²) in [5.74, 6) is -0.676. The molecule has 0 bridgehead atoms. The Morgan fingerprint density at radius 3 is 3.00 bits per heavy atom. The standard InChI is InChI=1S/C13H14N2O2.ClH/c14-8-10-3-1-2-9(6-10)7-11-4-5-15-12(11)13(16)17;/h1-3,6,11-12,15H,4-5,7H2,(H,16,17);1H/t11?,12-;/m0./s1. The van der Waals surface area contributed by atoms with Crippen LogP contribution < -0.4 is 5.32 Å². The Morgan fingerprint density at radius 2 is 2.33 bits per heavy atom. The molecule has 1 unspecified atom stereocenters. The fourth-order valence-electron chi connectivity index (χ4n) is 2.34. The van der Waals surface area contributed by atoms with Gasteiger partial charge in [-0.25, -0.2) is 0 Å². The first-order valence-corrected chi connectivity index (χ1v) is 5.66. The predicted octanol–water partition coefficient (Wildman–Crippen LogP) is 1.59. The summed E-state index contributed by atoms with van der Waals surface area (Å²) in [4.78, 5) is 11.0. The fourth-order valence-corrected chi connectivity index (χ4v) is 2.34.